The standard InChI is InChI=1S/C27H31FN7O6.ClH/c1-35(2,3)10-11-38-27(37)39-17-20-13-25(31-41-20)24-7-4-18(14-29-24)22-6-5-19(12-23(22)28)34-16-21(40-26(34)36)15-33-9-8-30-32-33;/h4-9,12,14,20-21H,10-11,13,15-17H2,1-3H3;1H/q+1;/p-1/t20-,21-;/m0./s1. The minimum atomic E-state index is -0.751. The Bertz CT molecular complexity index is 1420. The number of hydrogen-bond acceptors (Lipinski definition) is 10. The zero-order valence-corrected chi connectivity index (χ0v) is 24.1. The van der Waals surface area contributed by atoms with Crippen LogP contribution in [0.5, 0.6) is 0 Å². The molecule has 224 valence electrons. The highest BCUT2D eigenvalue weighted by atomic mass is 35.5. The Morgan fingerprint density at radius 2 is 2.00 bits per heavy atom. The lowest BCUT2D eigenvalue weighted by Crippen LogP contribution is -3.00. The summed E-state index contributed by atoms with van der Waals surface area (Å²) in [6, 6.07) is 8.02. The maximum absolute atomic E-state index is 15.1. The Kier molecular flexibility index (Phi) is 9.58. The van der Waals surface area contributed by atoms with E-state index in [1.165, 1.54) is 11.0 Å². The van der Waals surface area contributed by atoms with Gasteiger partial charge in [-0.25, -0.2) is 18.7 Å². The third-order valence-electron chi connectivity index (χ3n) is 6.47. The van der Waals surface area contributed by atoms with E-state index in [2.05, 4.69) is 20.5 Å². The molecule has 15 heteroatoms. The highest BCUT2D eigenvalue weighted by molar-refractivity contribution is 5.99. The fourth-order valence-electron chi connectivity index (χ4n) is 4.27. The first kappa shape index (κ1) is 30.7. The monoisotopic (exact) mass is 603 g/mol. The van der Waals surface area contributed by atoms with E-state index in [-0.39, 0.29) is 32.2 Å². The number of nitrogens with zero attached hydrogens (tertiary/aromatic N) is 7. The molecule has 2 aliphatic heterocycles. The third kappa shape index (κ3) is 7.70. The lowest BCUT2D eigenvalue weighted by atomic mass is 10.0. The van der Waals surface area contributed by atoms with E-state index in [0.717, 1.165) is 0 Å². The van der Waals surface area contributed by atoms with Crippen LogP contribution in [-0.4, -0.2) is 102 Å². The number of aromatic nitrogens is 4. The predicted octanol–water partition coefficient (Wildman–Crippen LogP) is -0.139. The van der Waals surface area contributed by atoms with E-state index in [1.807, 2.05) is 21.1 Å². The van der Waals surface area contributed by atoms with Crippen LogP contribution in [-0.2, 0) is 25.6 Å². The number of pyridine rings is 1. The number of rotatable bonds is 10. The highest BCUT2D eigenvalue weighted by Crippen LogP contribution is 2.29. The van der Waals surface area contributed by atoms with Crippen LogP contribution in [0.2, 0.25) is 0 Å². The fraction of sp³-hybridized carbons (Fsp3) is 0.407. The van der Waals surface area contributed by atoms with Crippen LogP contribution < -0.4 is 17.3 Å². The predicted molar refractivity (Wildman–Crippen MR) is 143 cm³/mol. The lowest BCUT2D eigenvalue weighted by Gasteiger charge is -2.23. The van der Waals surface area contributed by atoms with Crippen LogP contribution in [0.4, 0.5) is 19.7 Å². The Hall–Kier alpha value is -4.30. The van der Waals surface area contributed by atoms with Crippen LogP contribution in [0.3, 0.4) is 0 Å². The van der Waals surface area contributed by atoms with Gasteiger partial charge < -0.3 is 35.9 Å². The second kappa shape index (κ2) is 13.1. The maximum Gasteiger partial charge on any atom is 0.508 e. The van der Waals surface area contributed by atoms with Crippen LogP contribution in [0.25, 0.3) is 11.1 Å². The highest BCUT2D eigenvalue weighted by Gasteiger charge is 2.33. The molecule has 0 aliphatic carbocycles. The van der Waals surface area contributed by atoms with Crippen LogP contribution >= 0.6 is 0 Å². The molecule has 0 unspecified atom stereocenters. The van der Waals surface area contributed by atoms with Gasteiger partial charge in [0.05, 0.1) is 51.8 Å². The number of ether oxygens (including phenoxy) is 3. The molecule has 5 rings (SSSR count). The van der Waals surface area contributed by atoms with Crippen molar-refractivity contribution in [2.75, 3.05) is 52.3 Å². The summed E-state index contributed by atoms with van der Waals surface area (Å²) < 4.78 is 33.0. The molecule has 13 nitrogen and oxygen atoms in total. The molecule has 2 aromatic heterocycles. The van der Waals surface area contributed by atoms with Gasteiger partial charge in [0.25, 0.3) is 0 Å². The number of benzene rings is 1. The molecule has 1 aromatic carbocycles. The van der Waals surface area contributed by atoms with E-state index >= 15 is 4.39 Å². The molecule has 1 saturated heterocycles. The van der Waals surface area contributed by atoms with Gasteiger partial charge in [-0.15, -0.1) is 5.10 Å². The molecule has 2 atom stereocenters. The van der Waals surface area contributed by atoms with Crippen molar-refractivity contribution in [3.05, 3.63) is 60.4 Å². The van der Waals surface area contributed by atoms with Gasteiger partial charge in [-0.2, -0.15) is 0 Å². The van der Waals surface area contributed by atoms with Crippen molar-refractivity contribution < 1.29 is 49.9 Å². The zero-order valence-electron chi connectivity index (χ0n) is 23.4. The SMILES string of the molecule is C[N+](C)(C)CCOC(=O)OC[C@@H]1CC(c2ccc(-c3ccc(N4C[C@H](Cn5ccnn5)OC4=O)cc3F)cn2)=NO1.[Cl-]. The number of likely N-dealkylation sites (N-methyl/N-ethyl adjacent to an activating group) is 1. The van der Waals surface area contributed by atoms with Gasteiger partial charge in [-0.05, 0) is 24.3 Å². The number of cyclic esters (lactones) is 1. The van der Waals surface area contributed by atoms with Gasteiger partial charge in [-0.1, -0.05) is 16.4 Å². The van der Waals surface area contributed by atoms with Crippen molar-refractivity contribution in [3.63, 3.8) is 0 Å². The van der Waals surface area contributed by atoms with Crippen molar-refractivity contribution in [1.82, 2.24) is 20.0 Å². The van der Waals surface area contributed by atoms with Crippen molar-refractivity contribution >= 4 is 23.6 Å². The van der Waals surface area contributed by atoms with Gasteiger partial charge in [0.2, 0.25) is 0 Å². The Balaban J connectivity index is 0.00000405. The minimum absolute atomic E-state index is 0. The summed E-state index contributed by atoms with van der Waals surface area (Å²) in [7, 11) is 6.00. The Morgan fingerprint density at radius 1 is 1.17 bits per heavy atom. The molecule has 0 radical (unpaired) electrons. The summed E-state index contributed by atoms with van der Waals surface area (Å²) in [6.45, 7) is 1.54. The Labute approximate surface area is 247 Å². The molecule has 3 aromatic rings. The quantitative estimate of drug-likeness (QED) is 0.230. The number of carbonyl (C=O) groups excluding carboxylic acids is 2. The zero-order chi connectivity index (χ0) is 29.0. The van der Waals surface area contributed by atoms with E-state index < -0.39 is 30.3 Å². The molecule has 42 heavy (non-hydrogen) atoms. The lowest BCUT2D eigenvalue weighted by molar-refractivity contribution is -0.870. The minimum Gasteiger partial charge on any atom is -1.00 e. The maximum atomic E-state index is 15.1. The van der Waals surface area contributed by atoms with Gasteiger partial charge >= 0.3 is 12.2 Å². The van der Waals surface area contributed by atoms with E-state index in [4.69, 9.17) is 19.0 Å². The second-order valence-electron chi connectivity index (χ2n) is 10.7. The average molecular weight is 604 g/mol. The summed E-state index contributed by atoms with van der Waals surface area (Å²) in [4.78, 5) is 35.4. The molecule has 0 bridgehead atoms. The van der Waals surface area contributed by atoms with Crippen molar-refractivity contribution in [3.8, 4) is 11.1 Å². The molecule has 2 aliphatic rings. The molecule has 0 N–H and O–H groups in total. The number of quaternary nitrogens is 1. The van der Waals surface area contributed by atoms with Gasteiger partial charge in [0, 0.05) is 29.9 Å². The first-order valence-corrected chi connectivity index (χ1v) is 13.1. The van der Waals surface area contributed by atoms with Crippen molar-refractivity contribution in [2.45, 2.75) is 25.2 Å². The summed E-state index contributed by atoms with van der Waals surface area (Å²) in [5, 5.41) is 11.7. The summed E-state index contributed by atoms with van der Waals surface area (Å²) in [5.41, 5.74) is 2.44. The molecule has 0 saturated carbocycles. The Morgan fingerprint density at radius 3 is 2.69 bits per heavy atom. The first-order chi connectivity index (χ1) is 19.6. The number of carbonyl (C=O) groups is 2. The number of anilines is 1. The van der Waals surface area contributed by atoms with E-state index in [0.29, 0.717) is 52.2 Å². The normalized spacial score (nSPS) is 18.1. The molecule has 4 heterocycles. The van der Waals surface area contributed by atoms with Crippen LogP contribution in [0.1, 0.15) is 12.1 Å². The molecular formula is C27H31ClFN7O6. The number of oxime groups is 1. The first-order valence-electron chi connectivity index (χ1n) is 13.1. The number of halogens is 2. The average Bonchev–Trinajstić information content (AvgIpc) is 3.69. The topological polar surface area (TPSA) is 130 Å². The molecular weight excluding hydrogens is 573 g/mol. The smallest absolute Gasteiger partial charge is 0.508 e. The summed E-state index contributed by atoms with van der Waals surface area (Å²) in [6.07, 6.45) is 2.99. The van der Waals surface area contributed by atoms with Crippen molar-refractivity contribution in [2.24, 2.45) is 5.16 Å². The largest absolute Gasteiger partial charge is 1.00 e. The third-order valence-corrected chi connectivity index (χ3v) is 6.47. The van der Waals surface area contributed by atoms with Gasteiger partial charge in [0.1, 0.15) is 37.4 Å². The molecule has 1 amide bonds. The number of amides is 1. The van der Waals surface area contributed by atoms with Gasteiger partial charge in [0.15, 0.2) is 6.10 Å². The van der Waals surface area contributed by atoms with Crippen molar-refractivity contribution in [1.29, 1.82) is 0 Å². The van der Waals surface area contributed by atoms with E-state index in [1.54, 1.807) is 47.5 Å². The second-order valence-corrected chi connectivity index (χ2v) is 10.7. The van der Waals surface area contributed by atoms with Crippen LogP contribution in [0, 0.1) is 5.82 Å². The number of hydrogen-bond donors (Lipinski definition) is 0. The summed E-state index contributed by atoms with van der Waals surface area (Å²) >= 11 is 0. The molecule has 1 fully saturated rings. The fourth-order valence-corrected chi connectivity index (χ4v) is 4.27. The van der Waals surface area contributed by atoms with Crippen LogP contribution in [0.15, 0.2) is 54.1 Å². The van der Waals surface area contributed by atoms with Gasteiger partial charge in [-0.3, -0.25) is 9.88 Å². The van der Waals surface area contributed by atoms with E-state index in [9.17, 15) is 9.59 Å². The molecule has 0 spiro atoms. The summed E-state index contributed by atoms with van der Waals surface area (Å²) in [5.74, 6) is -0.503.